The number of alkyl carbamates (subject to hydrolysis) is 1. The van der Waals surface area contributed by atoms with Gasteiger partial charge in [-0.1, -0.05) is 73.1 Å². The van der Waals surface area contributed by atoms with E-state index in [1.165, 1.54) is 0 Å². The zero-order valence-corrected chi connectivity index (χ0v) is 19.7. The molecule has 1 atom stereocenters. The molecular formula is C23H32BrN3O2. The highest BCUT2D eigenvalue weighted by Crippen LogP contribution is 2.22. The van der Waals surface area contributed by atoms with Crippen molar-refractivity contribution in [1.82, 2.24) is 16.2 Å². The first-order valence-electron chi connectivity index (χ1n) is 9.91. The van der Waals surface area contributed by atoms with Crippen molar-refractivity contribution in [2.75, 3.05) is 7.05 Å². The number of hydrogen-bond donors (Lipinski definition) is 3. The molecule has 3 N–H and O–H groups in total. The third kappa shape index (κ3) is 7.55. The minimum atomic E-state index is -0.477. The van der Waals surface area contributed by atoms with E-state index in [1.807, 2.05) is 83.1 Å². The summed E-state index contributed by atoms with van der Waals surface area (Å²) < 4.78 is 6.59. The van der Waals surface area contributed by atoms with Gasteiger partial charge in [-0.3, -0.25) is 5.32 Å². The molecule has 29 heavy (non-hydrogen) atoms. The topological polar surface area (TPSA) is 62.4 Å². The highest BCUT2D eigenvalue weighted by atomic mass is 79.9. The van der Waals surface area contributed by atoms with E-state index in [1.54, 1.807) is 7.05 Å². The van der Waals surface area contributed by atoms with Crippen LogP contribution < -0.4 is 16.2 Å². The van der Waals surface area contributed by atoms with E-state index in [4.69, 9.17) is 4.74 Å². The van der Waals surface area contributed by atoms with Gasteiger partial charge in [0, 0.05) is 22.8 Å². The molecule has 0 saturated heterocycles. The zero-order chi connectivity index (χ0) is 21.8. The van der Waals surface area contributed by atoms with Crippen molar-refractivity contribution in [3.63, 3.8) is 0 Å². The van der Waals surface area contributed by atoms with Gasteiger partial charge in [-0.15, -0.1) is 0 Å². The summed E-state index contributed by atoms with van der Waals surface area (Å²) in [6, 6.07) is 15.8. The lowest BCUT2D eigenvalue weighted by Crippen LogP contribution is -2.32. The van der Waals surface area contributed by atoms with E-state index >= 15 is 0 Å². The third-order valence-electron chi connectivity index (χ3n) is 4.20. The lowest BCUT2D eigenvalue weighted by molar-refractivity contribution is 0.109. The molecule has 0 saturated carbocycles. The fourth-order valence-electron chi connectivity index (χ4n) is 2.81. The van der Waals surface area contributed by atoms with Gasteiger partial charge in [-0.2, -0.15) is 0 Å². The Labute approximate surface area is 183 Å². The molecule has 2 rings (SSSR count). The number of halogens is 1. The summed E-state index contributed by atoms with van der Waals surface area (Å²) in [5, 5.41) is 2.89. The number of amides is 1. The summed E-state index contributed by atoms with van der Waals surface area (Å²) in [4.78, 5) is 12.5. The van der Waals surface area contributed by atoms with Crippen molar-refractivity contribution in [1.29, 1.82) is 0 Å². The molecule has 2 aromatic carbocycles. The Hall–Kier alpha value is -2.31. The SMILES string of the molecule is CC.CC/C(NC(=O)OC(C)c1ccccc1C)=C(\NNC)c1ccc(Br)cc1. The third-order valence-corrected chi connectivity index (χ3v) is 4.73. The van der Waals surface area contributed by atoms with Gasteiger partial charge in [0.05, 0.1) is 5.70 Å². The van der Waals surface area contributed by atoms with Crippen LogP contribution in [0.15, 0.2) is 58.7 Å². The number of rotatable bonds is 7. The molecule has 2 aromatic rings. The number of allylic oxidation sites excluding steroid dienone is 1. The van der Waals surface area contributed by atoms with E-state index in [0.717, 1.165) is 32.6 Å². The quantitative estimate of drug-likeness (QED) is 0.437. The second kappa shape index (κ2) is 13.0. The maximum absolute atomic E-state index is 12.5. The Morgan fingerprint density at radius 2 is 1.72 bits per heavy atom. The maximum Gasteiger partial charge on any atom is 0.412 e. The molecule has 0 aromatic heterocycles. The van der Waals surface area contributed by atoms with Crippen molar-refractivity contribution < 1.29 is 9.53 Å². The number of ether oxygens (including phenoxy) is 1. The van der Waals surface area contributed by atoms with Crippen molar-refractivity contribution in [2.45, 2.75) is 47.1 Å². The minimum Gasteiger partial charge on any atom is -0.441 e. The first kappa shape index (κ1) is 24.7. The smallest absolute Gasteiger partial charge is 0.412 e. The molecular weight excluding hydrogens is 430 g/mol. The predicted molar refractivity (Wildman–Crippen MR) is 124 cm³/mol. The van der Waals surface area contributed by atoms with E-state index in [0.29, 0.717) is 6.42 Å². The molecule has 0 aliphatic rings. The Bertz CT molecular complexity index is 804. The average Bonchev–Trinajstić information content (AvgIpc) is 2.73. The normalized spacial score (nSPS) is 12.1. The monoisotopic (exact) mass is 461 g/mol. The second-order valence-corrected chi connectivity index (χ2v) is 7.03. The first-order chi connectivity index (χ1) is 14.0. The van der Waals surface area contributed by atoms with E-state index < -0.39 is 6.09 Å². The Balaban J connectivity index is 0.00000204. The summed E-state index contributed by atoms with van der Waals surface area (Å²) in [6.45, 7) is 9.86. The van der Waals surface area contributed by atoms with Gasteiger partial charge in [-0.05, 0) is 43.5 Å². The summed E-state index contributed by atoms with van der Waals surface area (Å²) >= 11 is 3.44. The molecule has 1 amide bonds. The van der Waals surface area contributed by atoms with E-state index in [-0.39, 0.29) is 6.10 Å². The second-order valence-electron chi connectivity index (χ2n) is 6.12. The summed E-state index contributed by atoms with van der Waals surface area (Å²) in [6.07, 6.45) is -0.179. The Morgan fingerprint density at radius 3 is 2.28 bits per heavy atom. The largest absolute Gasteiger partial charge is 0.441 e. The van der Waals surface area contributed by atoms with Gasteiger partial charge < -0.3 is 10.2 Å². The van der Waals surface area contributed by atoms with Gasteiger partial charge in [0.2, 0.25) is 0 Å². The number of aryl methyl sites for hydroxylation is 1. The number of hydrazine groups is 1. The van der Waals surface area contributed by atoms with Gasteiger partial charge in [-0.25, -0.2) is 10.2 Å². The molecule has 1 unspecified atom stereocenters. The molecule has 158 valence electrons. The molecule has 0 aliphatic carbocycles. The average molecular weight is 462 g/mol. The van der Waals surface area contributed by atoms with Crippen LogP contribution >= 0.6 is 15.9 Å². The van der Waals surface area contributed by atoms with Crippen LogP contribution in [0, 0.1) is 6.92 Å². The van der Waals surface area contributed by atoms with Crippen LogP contribution in [0.4, 0.5) is 4.79 Å². The Morgan fingerprint density at radius 1 is 1.10 bits per heavy atom. The fourth-order valence-corrected chi connectivity index (χ4v) is 3.08. The number of carbonyl (C=O) groups is 1. The minimum absolute atomic E-state index is 0.335. The maximum atomic E-state index is 12.5. The molecule has 0 spiro atoms. The van der Waals surface area contributed by atoms with Crippen molar-refractivity contribution >= 4 is 27.7 Å². The van der Waals surface area contributed by atoms with Crippen molar-refractivity contribution in [3.05, 3.63) is 75.4 Å². The molecule has 0 heterocycles. The molecule has 0 bridgehead atoms. The summed E-state index contributed by atoms with van der Waals surface area (Å²) in [5.74, 6) is 0. The van der Waals surface area contributed by atoms with Crippen LogP contribution in [0.2, 0.25) is 0 Å². The number of carbonyl (C=O) groups excluding carboxylic acids is 1. The lowest BCUT2D eigenvalue weighted by Gasteiger charge is -2.20. The number of nitrogens with one attached hydrogen (secondary N) is 3. The van der Waals surface area contributed by atoms with Gasteiger partial charge in [0.1, 0.15) is 6.10 Å². The highest BCUT2D eigenvalue weighted by molar-refractivity contribution is 9.10. The van der Waals surface area contributed by atoms with Gasteiger partial charge >= 0.3 is 6.09 Å². The Kier molecular flexibility index (Phi) is 11.1. The van der Waals surface area contributed by atoms with Crippen LogP contribution in [-0.4, -0.2) is 13.1 Å². The molecule has 0 fully saturated rings. The predicted octanol–water partition coefficient (Wildman–Crippen LogP) is 6.07. The van der Waals surface area contributed by atoms with Crippen LogP contribution in [-0.2, 0) is 4.74 Å². The zero-order valence-electron chi connectivity index (χ0n) is 18.1. The molecule has 0 aliphatic heterocycles. The fraction of sp³-hybridized carbons (Fsp3) is 0.348. The van der Waals surface area contributed by atoms with Crippen molar-refractivity contribution in [3.8, 4) is 0 Å². The molecule has 5 nitrogen and oxygen atoms in total. The van der Waals surface area contributed by atoms with Crippen LogP contribution in [0.3, 0.4) is 0 Å². The molecule has 0 radical (unpaired) electrons. The first-order valence-corrected chi connectivity index (χ1v) is 10.7. The van der Waals surface area contributed by atoms with Gasteiger partial charge in [0.15, 0.2) is 0 Å². The standard InChI is InChI=1S/C21H26BrN3O2.C2H6/c1-5-19(20(25-23-4)16-10-12-17(22)13-11-16)24-21(26)27-15(3)18-9-7-6-8-14(18)2;1-2/h6-13,15,23,25H,5H2,1-4H3,(H,24,26);1-2H3/b20-19+;. The van der Waals surface area contributed by atoms with Crippen LogP contribution in [0.5, 0.6) is 0 Å². The van der Waals surface area contributed by atoms with E-state index in [2.05, 4.69) is 32.1 Å². The van der Waals surface area contributed by atoms with Crippen LogP contribution in [0.25, 0.3) is 5.70 Å². The number of hydrogen-bond acceptors (Lipinski definition) is 4. The van der Waals surface area contributed by atoms with Crippen LogP contribution in [0.1, 0.15) is 56.9 Å². The molecule has 6 heteroatoms. The highest BCUT2D eigenvalue weighted by Gasteiger charge is 2.16. The van der Waals surface area contributed by atoms with E-state index in [9.17, 15) is 4.79 Å². The lowest BCUT2D eigenvalue weighted by atomic mass is 10.1. The van der Waals surface area contributed by atoms with Gasteiger partial charge in [0.25, 0.3) is 0 Å². The number of benzene rings is 2. The summed E-state index contributed by atoms with van der Waals surface area (Å²) in [7, 11) is 1.78. The summed E-state index contributed by atoms with van der Waals surface area (Å²) in [5.41, 5.74) is 10.6. The van der Waals surface area contributed by atoms with Crippen molar-refractivity contribution in [2.24, 2.45) is 0 Å².